The van der Waals surface area contributed by atoms with Crippen molar-refractivity contribution in [1.82, 2.24) is 9.55 Å². The second-order valence-electron chi connectivity index (χ2n) is 4.84. The zero-order chi connectivity index (χ0) is 13.2. The molecule has 0 atom stereocenters. The smallest absolute Gasteiger partial charge is 0.203 e. The summed E-state index contributed by atoms with van der Waals surface area (Å²) in [5.74, 6) is 0.973. The van der Waals surface area contributed by atoms with E-state index in [0.29, 0.717) is 0 Å². The molecule has 0 bridgehead atoms. The fraction of sp³-hybridized carbons (Fsp3) is 0.667. The molecule has 0 radical (unpaired) electrons. The third-order valence-electron chi connectivity index (χ3n) is 3.04. The van der Waals surface area contributed by atoms with Crippen LogP contribution in [0.25, 0.3) is 0 Å². The normalized spacial score (nSPS) is 10.6. The van der Waals surface area contributed by atoms with Gasteiger partial charge in [0.25, 0.3) is 0 Å². The number of imidazole rings is 1. The summed E-state index contributed by atoms with van der Waals surface area (Å²) >= 11 is 0. The number of hydrogen-bond acceptors (Lipinski definition) is 2. The number of unbranched alkanes of at least 4 members (excludes halogenated alkanes) is 5. The molecule has 0 amide bonds. The van der Waals surface area contributed by atoms with Gasteiger partial charge >= 0.3 is 0 Å². The lowest BCUT2D eigenvalue weighted by Gasteiger charge is -2.07. The molecule has 0 saturated heterocycles. The van der Waals surface area contributed by atoms with E-state index >= 15 is 0 Å². The summed E-state index contributed by atoms with van der Waals surface area (Å²) in [6.45, 7) is 9.88. The van der Waals surface area contributed by atoms with Crippen molar-refractivity contribution in [3.8, 4) is 0 Å². The van der Waals surface area contributed by atoms with Gasteiger partial charge in [-0.05, 0) is 13.3 Å². The molecular weight excluding hydrogens is 222 g/mol. The maximum atomic E-state index is 4.48. The van der Waals surface area contributed by atoms with Crippen LogP contribution in [0.3, 0.4) is 0 Å². The van der Waals surface area contributed by atoms with Gasteiger partial charge in [-0.15, -0.1) is 6.58 Å². The molecule has 0 unspecified atom stereocenters. The van der Waals surface area contributed by atoms with Gasteiger partial charge in [0.2, 0.25) is 5.95 Å². The predicted molar refractivity (Wildman–Crippen MR) is 79.0 cm³/mol. The van der Waals surface area contributed by atoms with Crippen molar-refractivity contribution in [2.45, 2.75) is 58.9 Å². The second kappa shape index (κ2) is 8.78. The Morgan fingerprint density at radius 3 is 2.72 bits per heavy atom. The number of hydrogen-bond donors (Lipinski definition) is 1. The van der Waals surface area contributed by atoms with Crippen molar-refractivity contribution in [2.75, 3.05) is 11.9 Å². The second-order valence-corrected chi connectivity index (χ2v) is 4.84. The minimum Gasteiger partial charge on any atom is -0.356 e. The summed E-state index contributed by atoms with van der Waals surface area (Å²) in [7, 11) is 0. The first kappa shape index (κ1) is 14.8. The Morgan fingerprint density at radius 1 is 1.28 bits per heavy atom. The van der Waals surface area contributed by atoms with Crippen LogP contribution < -0.4 is 5.32 Å². The maximum absolute atomic E-state index is 4.48. The fourth-order valence-electron chi connectivity index (χ4n) is 2.07. The van der Waals surface area contributed by atoms with Crippen LogP contribution in [-0.4, -0.2) is 16.1 Å². The number of rotatable bonds is 10. The van der Waals surface area contributed by atoms with Gasteiger partial charge in [-0.2, -0.15) is 0 Å². The van der Waals surface area contributed by atoms with Crippen LogP contribution in [0.1, 0.15) is 51.1 Å². The minimum absolute atomic E-state index is 0.819. The van der Waals surface area contributed by atoms with E-state index in [9.17, 15) is 0 Å². The molecular formula is C15H27N3. The lowest BCUT2D eigenvalue weighted by molar-refractivity contribution is 0.615. The van der Waals surface area contributed by atoms with E-state index in [1.165, 1.54) is 38.5 Å². The molecule has 1 aromatic heterocycles. The van der Waals surface area contributed by atoms with Crippen molar-refractivity contribution in [1.29, 1.82) is 0 Å². The minimum atomic E-state index is 0.819. The number of anilines is 1. The average Bonchev–Trinajstić information content (AvgIpc) is 2.69. The summed E-state index contributed by atoms with van der Waals surface area (Å²) in [5, 5.41) is 3.41. The van der Waals surface area contributed by atoms with Gasteiger partial charge < -0.3 is 9.88 Å². The summed E-state index contributed by atoms with van der Waals surface area (Å²) in [6.07, 6.45) is 11.9. The molecule has 0 aromatic carbocycles. The topological polar surface area (TPSA) is 29.9 Å². The highest BCUT2D eigenvalue weighted by Crippen LogP contribution is 2.10. The average molecular weight is 249 g/mol. The Bertz CT molecular complexity index is 342. The Morgan fingerprint density at radius 2 is 2.00 bits per heavy atom. The molecule has 0 aliphatic carbocycles. The first-order chi connectivity index (χ1) is 8.77. The van der Waals surface area contributed by atoms with E-state index in [0.717, 1.165) is 24.7 Å². The lowest BCUT2D eigenvalue weighted by Crippen LogP contribution is -2.08. The summed E-state index contributed by atoms with van der Waals surface area (Å²) in [5.41, 5.74) is 1.06. The molecule has 0 saturated carbocycles. The van der Waals surface area contributed by atoms with Gasteiger partial charge in [0.1, 0.15) is 0 Å². The zero-order valence-electron chi connectivity index (χ0n) is 11.9. The standard InChI is InChI=1S/C15H27N3/c1-4-6-7-8-9-10-11-16-15-17-14(3)13-18(15)12-5-2/h5,13H,2,4,6-12H2,1,3H3,(H,16,17). The van der Waals surface area contributed by atoms with Gasteiger partial charge in [-0.25, -0.2) is 4.98 Å². The van der Waals surface area contributed by atoms with Crippen molar-refractivity contribution in [2.24, 2.45) is 0 Å². The molecule has 0 aliphatic rings. The van der Waals surface area contributed by atoms with Crippen molar-refractivity contribution >= 4 is 5.95 Å². The maximum Gasteiger partial charge on any atom is 0.203 e. The van der Waals surface area contributed by atoms with E-state index in [2.05, 4.69) is 34.6 Å². The van der Waals surface area contributed by atoms with E-state index in [4.69, 9.17) is 0 Å². The third kappa shape index (κ3) is 5.39. The zero-order valence-corrected chi connectivity index (χ0v) is 11.9. The van der Waals surface area contributed by atoms with Crippen LogP contribution in [0, 0.1) is 6.92 Å². The van der Waals surface area contributed by atoms with Gasteiger partial charge in [0, 0.05) is 19.3 Å². The van der Waals surface area contributed by atoms with Crippen LogP contribution in [0.15, 0.2) is 18.9 Å². The number of aromatic nitrogens is 2. The van der Waals surface area contributed by atoms with Crippen LogP contribution >= 0.6 is 0 Å². The molecule has 3 nitrogen and oxygen atoms in total. The van der Waals surface area contributed by atoms with Crippen LogP contribution in [0.2, 0.25) is 0 Å². The van der Waals surface area contributed by atoms with Crippen LogP contribution in [0.5, 0.6) is 0 Å². The Kier molecular flexibility index (Phi) is 7.23. The molecule has 0 aliphatic heterocycles. The first-order valence-electron chi connectivity index (χ1n) is 7.16. The van der Waals surface area contributed by atoms with Crippen molar-refractivity contribution < 1.29 is 0 Å². The number of nitrogens with zero attached hydrogens (tertiary/aromatic N) is 2. The highest BCUT2D eigenvalue weighted by molar-refractivity contribution is 5.28. The molecule has 1 rings (SSSR count). The van der Waals surface area contributed by atoms with Gasteiger partial charge in [0.05, 0.1) is 5.69 Å². The quantitative estimate of drug-likeness (QED) is 0.498. The Labute approximate surface area is 111 Å². The molecule has 102 valence electrons. The molecule has 1 aromatic rings. The molecule has 1 heterocycles. The van der Waals surface area contributed by atoms with Gasteiger partial charge in [-0.1, -0.05) is 45.1 Å². The van der Waals surface area contributed by atoms with E-state index < -0.39 is 0 Å². The van der Waals surface area contributed by atoms with Crippen LogP contribution in [0.4, 0.5) is 5.95 Å². The SMILES string of the molecule is C=CCn1cc(C)nc1NCCCCCCCC. The summed E-state index contributed by atoms with van der Waals surface area (Å²) < 4.78 is 2.11. The lowest BCUT2D eigenvalue weighted by atomic mass is 10.1. The first-order valence-corrected chi connectivity index (χ1v) is 7.16. The Balaban J connectivity index is 2.20. The number of nitrogens with one attached hydrogen (secondary N) is 1. The fourth-order valence-corrected chi connectivity index (χ4v) is 2.07. The van der Waals surface area contributed by atoms with Gasteiger partial charge in [-0.3, -0.25) is 0 Å². The summed E-state index contributed by atoms with van der Waals surface area (Å²) in [6, 6.07) is 0. The molecule has 0 spiro atoms. The van der Waals surface area contributed by atoms with E-state index in [-0.39, 0.29) is 0 Å². The van der Waals surface area contributed by atoms with E-state index in [1.54, 1.807) is 0 Å². The molecule has 3 heteroatoms. The predicted octanol–water partition coefficient (Wildman–Crippen LogP) is 4.15. The highest BCUT2D eigenvalue weighted by Gasteiger charge is 2.02. The molecule has 1 N–H and O–H groups in total. The third-order valence-corrected chi connectivity index (χ3v) is 3.04. The molecule has 18 heavy (non-hydrogen) atoms. The van der Waals surface area contributed by atoms with Crippen molar-refractivity contribution in [3.05, 3.63) is 24.5 Å². The van der Waals surface area contributed by atoms with E-state index in [1.807, 2.05) is 13.0 Å². The number of aryl methyl sites for hydroxylation is 1. The molecule has 0 fully saturated rings. The van der Waals surface area contributed by atoms with Gasteiger partial charge in [0.15, 0.2) is 0 Å². The number of allylic oxidation sites excluding steroid dienone is 1. The monoisotopic (exact) mass is 249 g/mol. The highest BCUT2D eigenvalue weighted by atomic mass is 15.2. The Hall–Kier alpha value is -1.25. The van der Waals surface area contributed by atoms with Crippen LogP contribution in [-0.2, 0) is 6.54 Å². The largest absolute Gasteiger partial charge is 0.356 e. The summed E-state index contributed by atoms with van der Waals surface area (Å²) in [4.78, 5) is 4.48. The van der Waals surface area contributed by atoms with Crippen molar-refractivity contribution in [3.63, 3.8) is 0 Å².